The van der Waals surface area contributed by atoms with Gasteiger partial charge < -0.3 is 14.7 Å². The quantitative estimate of drug-likeness (QED) is 0.865. The molecular weight excluding hydrogens is 338 g/mol. The second kappa shape index (κ2) is 6.68. The lowest BCUT2D eigenvalue weighted by atomic mass is 9.98. The van der Waals surface area contributed by atoms with E-state index < -0.39 is 0 Å². The molecule has 4 heteroatoms. The van der Waals surface area contributed by atoms with Crippen molar-refractivity contribution in [2.24, 2.45) is 0 Å². The summed E-state index contributed by atoms with van der Waals surface area (Å²) in [7, 11) is 0. The molecule has 1 amide bonds. The number of rotatable bonds is 2. The lowest BCUT2D eigenvalue weighted by molar-refractivity contribution is 0.0783. The Morgan fingerprint density at radius 3 is 2.22 bits per heavy atom. The van der Waals surface area contributed by atoms with Crippen LogP contribution in [0.3, 0.4) is 0 Å². The molecule has 0 radical (unpaired) electrons. The van der Waals surface area contributed by atoms with Crippen LogP contribution in [0.4, 0.5) is 4.79 Å². The van der Waals surface area contributed by atoms with Gasteiger partial charge in [0.05, 0.1) is 6.10 Å². The number of carbonyl (C=O) groups is 1. The topological polar surface area (TPSA) is 49.8 Å². The monoisotopic (exact) mass is 363 g/mol. The Bertz CT molecular complexity index is 819. The summed E-state index contributed by atoms with van der Waals surface area (Å²) >= 11 is 0. The zero-order chi connectivity index (χ0) is 18.4. The average molecular weight is 363 g/mol. The van der Waals surface area contributed by atoms with Crippen molar-refractivity contribution in [3.8, 4) is 11.1 Å². The highest BCUT2D eigenvalue weighted by atomic mass is 16.6. The number of amides is 1. The molecule has 27 heavy (non-hydrogen) atoms. The van der Waals surface area contributed by atoms with Crippen LogP contribution in [-0.4, -0.2) is 40.9 Å². The van der Waals surface area contributed by atoms with E-state index in [-0.39, 0.29) is 30.2 Å². The van der Waals surface area contributed by atoms with Crippen molar-refractivity contribution in [2.75, 3.05) is 6.61 Å². The zero-order valence-corrected chi connectivity index (χ0v) is 15.4. The number of fused-ring (bicyclic) bond motifs is 5. The molecular formula is C23H25NO3. The fourth-order valence-electron chi connectivity index (χ4n) is 5.26. The average Bonchev–Trinajstić information content (AvgIpc) is 3.17. The molecule has 140 valence electrons. The lowest BCUT2D eigenvalue weighted by Crippen LogP contribution is -2.41. The van der Waals surface area contributed by atoms with Crippen molar-refractivity contribution in [2.45, 2.75) is 56.2 Å². The van der Waals surface area contributed by atoms with E-state index in [0.717, 1.165) is 25.7 Å². The fraction of sp³-hybridized carbons (Fsp3) is 0.435. The zero-order valence-electron chi connectivity index (χ0n) is 15.4. The molecule has 0 aromatic heterocycles. The van der Waals surface area contributed by atoms with Crippen molar-refractivity contribution < 1.29 is 14.6 Å². The van der Waals surface area contributed by atoms with Gasteiger partial charge in [-0.2, -0.15) is 0 Å². The Balaban J connectivity index is 1.35. The molecule has 5 rings (SSSR count). The SMILES string of the molecule is O=C(OCC1c2ccccc2-c2ccccc21)N1C2CCC(O)CC1CC2. The van der Waals surface area contributed by atoms with Crippen molar-refractivity contribution >= 4 is 6.09 Å². The van der Waals surface area contributed by atoms with E-state index >= 15 is 0 Å². The summed E-state index contributed by atoms with van der Waals surface area (Å²) in [6.07, 6.45) is 3.85. The number of hydrogen-bond acceptors (Lipinski definition) is 3. The molecule has 2 aromatic rings. The number of ether oxygens (including phenoxy) is 1. The molecule has 1 N–H and O–H groups in total. The molecule has 2 saturated heterocycles. The summed E-state index contributed by atoms with van der Waals surface area (Å²) in [6, 6.07) is 17.1. The van der Waals surface area contributed by atoms with E-state index in [9.17, 15) is 9.90 Å². The van der Waals surface area contributed by atoms with Crippen molar-refractivity contribution in [1.29, 1.82) is 0 Å². The predicted octanol–water partition coefficient (Wildman–Crippen LogP) is 4.31. The molecule has 3 unspecified atom stereocenters. The maximum Gasteiger partial charge on any atom is 0.410 e. The second-order valence-corrected chi connectivity index (χ2v) is 8.06. The van der Waals surface area contributed by atoms with Crippen LogP contribution in [0.1, 0.15) is 49.1 Å². The third kappa shape index (κ3) is 2.83. The van der Waals surface area contributed by atoms with Crippen LogP contribution in [0.5, 0.6) is 0 Å². The largest absolute Gasteiger partial charge is 0.448 e. The minimum Gasteiger partial charge on any atom is -0.448 e. The first kappa shape index (κ1) is 16.8. The van der Waals surface area contributed by atoms with Crippen LogP contribution in [-0.2, 0) is 4.74 Å². The Hall–Kier alpha value is -2.33. The molecule has 0 spiro atoms. The van der Waals surface area contributed by atoms with Gasteiger partial charge in [0.25, 0.3) is 0 Å². The van der Waals surface area contributed by atoms with Crippen LogP contribution >= 0.6 is 0 Å². The number of hydrogen-bond donors (Lipinski definition) is 1. The highest BCUT2D eigenvalue weighted by Crippen LogP contribution is 2.44. The standard InChI is InChI=1S/C23H25NO3/c25-17-12-11-15-9-10-16(13-17)24(15)23(26)27-14-22-20-7-3-1-5-18(20)19-6-2-4-8-21(19)22/h1-8,15-17,22,25H,9-14H2. The minimum atomic E-state index is -0.288. The van der Waals surface area contributed by atoms with Crippen LogP contribution in [0.15, 0.2) is 48.5 Å². The molecule has 3 aliphatic rings. The van der Waals surface area contributed by atoms with E-state index in [1.807, 2.05) is 4.90 Å². The molecule has 4 nitrogen and oxygen atoms in total. The van der Waals surface area contributed by atoms with Gasteiger partial charge in [0.1, 0.15) is 6.61 Å². The molecule has 0 saturated carbocycles. The normalized spacial score (nSPS) is 26.4. The van der Waals surface area contributed by atoms with Gasteiger partial charge in [-0.1, -0.05) is 48.5 Å². The second-order valence-electron chi connectivity index (χ2n) is 8.06. The highest BCUT2D eigenvalue weighted by molar-refractivity contribution is 5.79. The molecule has 2 fully saturated rings. The highest BCUT2D eigenvalue weighted by Gasteiger charge is 2.41. The molecule has 2 aliphatic heterocycles. The third-order valence-electron chi connectivity index (χ3n) is 6.54. The van der Waals surface area contributed by atoms with Crippen molar-refractivity contribution in [1.82, 2.24) is 4.90 Å². The summed E-state index contributed by atoms with van der Waals surface area (Å²) in [5, 5.41) is 10.1. The number of aliphatic hydroxyl groups excluding tert-OH is 1. The van der Waals surface area contributed by atoms with E-state index in [2.05, 4.69) is 48.5 Å². The summed E-state index contributed by atoms with van der Waals surface area (Å²) in [4.78, 5) is 14.8. The van der Waals surface area contributed by atoms with E-state index in [1.54, 1.807) is 0 Å². The predicted molar refractivity (Wildman–Crippen MR) is 104 cm³/mol. The molecule has 2 bridgehead atoms. The van der Waals surface area contributed by atoms with E-state index in [4.69, 9.17) is 4.74 Å². The number of benzene rings is 2. The molecule has 2 heterocycles. The Labute approximate surface area is 159 Å². The summed E-state index contributed by atoms with van der Waals surface area (Å²) < 4.78 is 5.86. The lowest BCUT2D eigenvalue weighted by Gasteiger charge is -2.28. The van der Waals surface area contributed by atoms with Gasteiger partial charge in [0, 0.05) is 18.0 Å². The first-order valence-corrected chi connectivity index (χ1v) is 10.0. The maximum atomic E-state index is 12.9. The summed E-state index contributed by atoms with van der Waals surface area (Å²) in [5.41, 5.74) is 4.96. The van der Waals surface area contributed by atoms with Gasteiger partial charge in [-0.3, -0.25) is 0 Å². The maximum absolute atomic E-state index is 12.9. The van der Waals surface area contributed by atoms with Crippen LogP contribution in [0, 0.1) is 0 Å². The first-order chi connectivity index (χ1) is 13.2. The number of carbonyl (C=O) groups excluding carboxylic acids is 1. The number of nitrogens with zero attached hydrogens (tertiary/aromatic N) is 1. The minimum absolute atomic E-state index is 0.0940. The third-order valence-corrected chi connectivity index (χ3v) is 6.54. The molecule has 3 atom stereocenters. The summed E-state index contributed by atoms with van der Waals surface area (Å²) in [5.74, 6) is 0.0940. The smallest absolute Gasteiger partial charge is 0.410 e. The molecule has 1 aliphatic carbocycles. The Morgan fingerprint density at radius 2 is 1.52 bits per heavy atom. The van der Waals surface area contributed by atoms with Crippen LogP contribution < -0.4 is 0 Å². The first-order valence-electron chi connectivity index (χ1n) is 10.0. The Morgan fingerprint density at radius 1 is 0.926 bits per heavy atom. The van der Waals surface area contributed by atoms with Crippen molar-refractivity contribution in [3.05, 3.63) is 59.7 Å². The van der Waals surface area contributed by atoms with Crippen LogP contribution in [0.2, 0.25) is 0 Å². The Kier molecular flexibility index (Phi) is 4.16. The fourth-order valence-corrected chi connectivity index (χ4v) is 5.26. The van der Waals surface area contributed by atoms with Crippen LogP contribution in [0.25, 0.3) is 11.1 Å². The van der Waals surface area contributed by atoms with Gasteiger partial charge in [0.2, 0.25) is 0 Å². The molecule has 2 aromatic carbocycles. The van der Waals surface area contributed by atoms with Gasteiger partial charge >= 0.3 is 6.09 Å². The van der Waals surface area contributed by atoms with E-state index in [1.165, 1.54) is 22.3 Å². The van der Waals surface area contributed by atoms with Gasteiger partial charge in [-0.05, 0) is 54.4 Å². The van der Waals surface area contributed by atoms with Gasteiger partial charge in [-0.25, -0.2) is 4.79 Å². The summed E-state index contributed by atoms with van der Waals surface area (Å²) in [6.45, 7) is 0.366. The van der Waals surface area contributed by atoms with E-state index in [0.29, 0.717) is 13.0 Å². The van der Waals surface area contributed by atoms with Crippen molar-refractivity contribution in [3.63, 3.8) is 0 Å². The van der Waals surface area contributed by atoms with Gasteiger partial charge in [0.15, 0.2) is 0 Å². The van der Waals surface area contributed by atoms with Gasteiger partial charge in [-0.15, -0.1) is 0 Å². The number of aliphatic hydroxyl groups is 1.